The number of methoxy groups -OCH3 is 1. The molecule has 0 aromatic heterocycles. The number of nitrogens with zero attached hydrogens (tertiary/aromatic N) is 1. The normalized spacial score (nSPS) is 13.3. The number of fused-ring (bicyclic) bond motifs is 2. The number of rotatable bonds is 13. The Balaban J connectivity index is 1.41. The number of aldehydes is 1. The summed E-state index contributed by atoms with van der Waals surface area (Å²) in [6.07, 6.45) is 0.776. The standard InChI is InChI=1S/C54H50BNO8/c1-29(2)35-12-10-13-36(30(3)4)50(35)56-51(58)40-26-43(62-33-18-16-31(28-57)17-19-33)47-38-15-11-14-37-42(55-64-54(7,8)53(5,6)60)25-24-39(45(37)38)48-44(27-41(52(56)59)46(40)49(47)48)63-34-22-20-32(61-9)21-23-34/h10-30,55,60H,1-9H3. The van der Waals surface area contributed by atoms with Crippen LogP contribution in [0.15, 0.2) is 109 Å². The topological polar surface area (TPSA) is 112 Å². The lowest BCUT2D eigenvalue weighted by molar-refractivity contribution is -0.0893. The summed E-state index contributed by atoms with van der Waals surface area (Å²) in [5, 5.41) is 17.0. The molecule has 9 nitrogen and oxygen atoms in total. The second kappa shape index (κ2) is 15.8. The van der Waals surface area contributed by atoms with Crippen LogP contribution in [0.5, 0.6) is 28.7 Å². The van der Waals surface area contributed by atoms with Crippen molar-refractivity contribution in [2.45, 2.75) is 78.4 Å². The number of carbonyl (C=O) groups is 3. The van der Waals surface area contributed by atoms with Crippen molar-refractivity contribution >= 4 is 79.8 Å². The number of hydrogen-bond acceptors (Lipinski definition) is 8. The van der Waals surface area contributed by atoms with Gasteiger partial charge in [0.05, 0.1) is 35.1 Å². The van der Waals surface area contributed by atoms with Gasteiger partial charge in [-0.1, -0.05) is 76.2 Å². The van der Waals surface area contributed by atoms with E-state index in [-0.39, 0.29) is 19.3 Å². The van der Waals surface area contributed by atoms with Gasteiger partial charge in [-0.2, -0.15) is 0 Å². The molecule has 1 heterocycles. The molecule has 8 aromatic rings. The van der Waals surface area contributed by atoms with Crippen molar-refractivity contribution in [1.29, 1.82) is 0 Å². The predicted octanol–water partition coefficient (Wildman–Crippen LogP) is 11.7. The van der Waals surface area contributed by atoms with Gasteiger partial charge in [-0.05, 0) is 138 Å². The van der Waals surface area contributed by atoms with Crippen molar-refractivity contribution in [3.8, 4) is 28.7 Å². The monoisotopic (exact) mass is 851 g/mol. The lowest BCUT2D eigenvalue weighted by Crippen LogP contribution is -2.49. The third kappa shape index (κ3) is 6.93. The summed E-state index contributed by atoms with van der Waals surface area (Å²) < 4.78 is 25.7. The Morgan fingerprint density at radius 2 is 1.11 bits per heavy atom. The van der Waals surface area contributed by atoms with Crippen LogP contribution in [0.3, 0.4) is 0 Å². The van der Waals surface area contributed by atoms with Crippen LogP contribution in [0.4, 0.5) is 5.69 Å². The van der Waals surface area contributed by atoms with Crippen molar-refractivity contribution in [3.05, 3.63) is 137 Å². The van der Waals surface area contributed by atoms with E-state index in [1.54, 1.807) is 57.4 Å². The lowest BCUT2D eigenvalue weighted by Gasteiger charge is -2.37. The number of amides is 2. The molecule has 2 amide bonds. The van der Waals surface area contributed by atoms with E-state index in [4.69, 9.17) is 18.9 Å². The number of para-hydroxylation sites is 1. The number of aliphatic hydroxyl groups is 1. The van der Waals surface area contributed by atoms with Crippen molar-refractivity contribution in [2.75, 3.05) is 12.0 Å². The summed E-state index contributed by atoms with van der Waals surface area (Å²) in [4.78, 5) is 43.9. The third-order valence-electron chi connectivity index (χ3n) is 13.0. The fourth-order valence-electron chi connectivity index (χ4n) is 8.88. The van der Waals surface area contributed by atoms with Crippen LogP contribution in [0.1, 0.15) is 109 Å². The molecule has 64 heavy (non-hydrogen) atoms. The number of anilines is 1. The Hall–Kier alpha value is -6.75. The quantitative estimate of drug-likeness (QED) is 0.0401. The second-order valence-electron chi connectivity index (χ2n) is 18.3. The summed E-state index contributed by atoms with van der Waals surface area (Å²) in [5.41, 5.74) is 2.40. The van der Waals surface area contributed by atoms with E-state index in [1.807, 2.05) is 80.6 Å². The van der Waals surface area contributed by atoms with Gasteiger partial charge >= 0.3 is 7.48 Å². The zero-order chi connectivity index (χ0) is 45.4. The minimum Gasteiger partial charge on any atom is -0.497 e. The highest BCUT2D eigenvalue weighted by molar-refractivity contribution is 6.54. The fourth-order valence-corrected chi connectivity index (χ4v) is 8.88. The number of benzene rings is 8. The van der Waals surface area contributed by atoms with E-state index in [0.29, 0.717) is 72.7 Å². The van der Waals surface area contributed by atoms with E-state index in [2.05, 4.69) is 33.8 Å². The number of carbonyl (C=O) groups excluding carboxylic acids is 3. The molecule has 0 saturated heterocycles. The molecule has 322 valence electrons. The molecule has 0 aliphatic carbocycles. The molecule has 0 radical (unpaired) electrons. The fraction of sp³-hybridized carbons (Fsp3) is 0.241. The molecular formula is C54H50BNO8. The van der Waals surface area contributed by atoms with E-state index >= 15 is 9.59 Å². The van der Waals surface area contributed by atoms with Crippen LogP contribution in [-0.4, -0.2) is 49.0 Å². The maximum atomic E-state index is 15.5. The van der Waals surface area contributed by atoms with E-state index in [1.165, 1.54) is 4.90 Å². The van der Waals surface area contributed by atoms with Crippen LogP contribution >= 0.6 is 0 Å². The highest BCUT2D eigenvalue weighted by Gasteiger charge is 2.40. The average molecular weight is 852 g/mol. The predicted molar refractivity (Wildman–Crippen MR) is 257 cm³/mol. The molecule has 8 aromatic carbocycles. The maximum Gasteiger partial charge on any atom is 0.310 e. The molecule has 0 unspecified atom stereocenters. The number of hydrogen-bond donors (Lipinski definition) is 1. The van der Waals surface area contributed by atoms with Crippen molar-refractivity contribution < 1.29 is 38.4 Å². The molecule has 0 spiro atoms. The smallest absolute Gasteiger partial charge is 0.310 e. The molecule has 1 N–H and O–H groups in total. The molecule has 0 bridgehead atoms. The van der Waals surface area contributed by atoms with Gasteiger partial charge in [0, 0.05) is 27.1 Å². The Morgan fingerprint density at radius 3 is 1.62 bits per heavy atom. The van der Waals surface area contributed by atoms with E-state index in [0.717, 1.165) is 44.4 Å². The van der Waals surface area contributed by atoms with Gasteiger partial charge in [0.15, 0.2) is 0 Å². The van der Waals surface area contributed by atoms with E-state index < -0.39 is 23.0 Å². The molecule has 0 fully saturated rings. The molecular weight excluding hydrogens is 801 g/mol. The second-order valence-corrected chi connectivity index (χ2v) is 18.3. The van der Waals surface area contributed by atoms with Gasteiger partial charge in [0.1, 0.15) is 35.0 Å². The molecule has 1 aliphatic rings. The first-order valence-corrected chi connectivity index (χ1v) is 21.7. The maximum absolute atomic E-state index is 15.5. The summed E-state index contributed by atoms with van der Waals surface area (Å²) in [5.74, 6) is 1.54. The van der Waals surface area contributed by atoms with Crippen molar-refractivity contribution in [1.82, 2.24) is 0 Å². The molecule has 1 aliphatic heterocycles. The first kappa shape index (κ1) is 42.6. The molecule has 10 heteroatoms. The van der Waals surface area contributed by atoms with Crippen LogP contribution in [-0.2, 0) is 4.65 Å². The Morgan fingerprint density at radius 1 is 0.609 bits per heavy atom. The molecule has 0 saturated carbocycles. The van der Waals surface area contributed by atoms with Gasteiger partial charge in [0.2, 0.25) is 0 Å². The molecule has 9 rings (SSSR count). The van der Waals surface area contributed by atoms with Gasteiger partial charge in [-0.3, -0.25) is 14.4 Å². The SMILES string of the molecule is COc1ccc(Oc2cc3c4c(cc(Oc5ccc(C=O)cc5)c5c6cccc7c(BOC(C)(C)C(C)(C)O)ccc(c2c45)c76)C(=O)N(c2c(C(C)C)cccc2C(C)C)C3=O)cc1. The Labute approximate surface area is 373 Å². The Kier molecular flexibility index (Phi) is 10.5. The third-order valence-corrected chi connectivity index (χ3v) is 13.0. The largest absolute Gasteiger partial charge is 0.497 e. The first-order valence-electron chi connectivity index (χ1n) is 21.7. The first-order chi connectivity index (χ1) is 30.5. The van der Waals surface area contributed by atoms with Crippen molar-refractivity contribution in [3.63, 3.8) is 0 Å². The minimum atomic E-state index is -1.12. The highest BCUT2D eigenvalue weighted by Crippen LogP contribution is 2.53. The van der Waals surface area contributed by atoms with Crippen LogP contribution in [0, 0.1) is 0 Å². The van der Waals surface area contributed by atoms with E-state index in [9.17, 15) is 9.90 Å². The van der Waals surface area contributed by atoms with Gasteiger partial charge < -0.3 is 24.0 Å². The number of ether oxygens (including phenoxy) is 3. The zero-order valence-corrected chi connectivity index (χ0v) is 37.6. The Bertz CT molecular complexity index is 3140. The summed E-state index contributed by atoms with van der Waals surface area (Å²) in [7, 11) is 1.82. The summed E-state index contributed by atoms with van der Waals surface area (Å²) in [6, 6.07) is 33.7. The zero-order valence-electron chi connectivity index (χ0n) is 37.6. The number of imide groups is 1. The van der Waals surface area contributed by atoms with Gasteiger partial charge in [0.25, 0.3) is 11.8 Å². The van der Waals surface area contributed by atoms with Gasteiger partial charge in [-0.25, -0.2) is 4.90 Å². The highest BCUT2D eigenvalue weighted by atomic mass is 16.5. The van der Waals surface area contributed by atoms with Crippen LogP contribution in [0.2, 0.25) is 0 Å². The lowest BCUT2D eigenvalue weighted by atomic mass is 9.77. The minimum absolute atomic E-state index is 0.00162. The van der Waals surface area contributed by atoms with Crippen LogP contribution in [0.25, 0.3) is 43.1 Å². The average Bonchev–Trinajstić information content (AvgIpc) is 3.27. The summed E-state index contributed by atoms with van der Waals surface area (Å²) in [6.45, 7) is 15.5. The summed E-state index contributed by atoms with van der Waals surface area (Å²) >= 11 is 0. The molecule has 0 atom stereocenters. The van der Waals surface area contributed by atoms with Crippen LogP contribution < -0.4 is 24.6 Å². The van der Waals surface area contributed by atoms with Gasteiger partial charge in [-0.15, -0.1) is 0 Å². The van der Waals surface area contributed by atoms with Crippen molar-refractivity contribution in [2.24, 2.45) is 0 Å².